The van der Waals surface area contributed by atoms with Crippen LogP contribution in [0, 0.1) is 11.3 Å². The molecule has 0 aromatic carbocycles. The average molecular weight is 296 g/mol. The fraction of sp³-hybridized carbons (Fsp3) is 0.733. The van der Waals surface area contributed by atoms with Gasteiger partial charge in [-0.3, -0.25) is 4.79 Å². The molecular formula is C15H24N2O2S. The molecule has 1 unspecified atom stereocenters. The molecule has 0 saturated carbocycles. The minimum Gasteiger partial charge on any atom is -0.481 e. The van der Waals surface area contributed by atoms with E-state index in [4.69, 9.17) is 10.1 Å². The fourth-order valence-corrected chi connectivity index (χ4v) is 3.80. The molecular weight excluding hydrogens is 272 g/mol. The van der Waals surface area contributed by atoms with Crippen LogP contribution in [-0.4, -0.2) is 29.7 Å². The Balaban J connectivity index is 2.07. The van der Waals surface area contributed by atoms with Gasteiger partial charge >= 0.3 is 5.97 Å². The van der Waals surface area contributed by atoms with E-state index < -0.39 is 5.97 Å². The van der Waals surface area contributed by atoms with Crippen molar-refractivity contribution in [2.75, 3.05) is 18.5 Å². The SMILES string of the molecule is CN(CCC(=O)O)c1nc2c(s1)CC(C(C)(C)C)CC2. The number of carboxylic acids is 1. The van der Waals surface area contributed by atoms with Crippen LogP contribution in [0.15, 0.2) is 0 Å². The summed E-state index contributed by atoms with van der Waals surface area (Å²) in [4.78, 5) is 18.7. The second kappa shape index (κ2) is 5.72. The first-order valence-corrected chi connectivity index (χ1v) is 8.00. The van der Waals surface area contributed by atoms with Gasteiger partial charge in [-0.05, 0) is 30.6 Å². The van der Waals surface area contributed by atoms with Crippen molar-refractivity contribution in [3.8, 4) is 0 Å². The maximum Gasteiger partial charge on any atom is 0.305 e. The zero-order chi connectivity index (χ0) is 14.9. The molecule has 1 atom stereocenters. The van der Waals surface area contributed by atoms with Gasteiger partial charge in [-0.2, -0.15) is 0 Å². The summed E-state index contributed by atoms with van der Waals surface area (Å²) < 4.78 is 0. The number of aromatic nitrogens is 1. The van der Waals surface area contributed by atoms with E-state index in [-0.39, 0.29) is 6.42 Å². The second-order valence-corrected chi connectivity index (χ2v) is 7.80. The quantitative estimate of drug-likeness (QED) is 0.927. The van der Waals surface area contributed by atoms with Crippen LogP contribution in [0.5, 0.6) is 0 Å². The van der Waals surface area contributed by atoms with Crippen LogP contribution in [0.25, 0.3) is 0 Å². The van der Waals surface area contributed by atoms with Crippen molar-refractivity contribution in [1.82, 2.24) is 4.98 Å². The third-order valence-corrected chi connectivity index (χ3v) is 5.37. The number of carbonyl (C=O) groups is 1. The second-order valence-electron chi connectivity index (χ2n) is 6.74. The van der Waals surface area contributed by atoms with Crippen molar-refractivity contribution in [3.05, 3.63) is 10.6 Å². The number of fused-ring (bicyclic) bond motifs is 1. The van der Waals surface area contributed by atoms with Gasteiger partial charge in [0, 0.05) is 18.5 Å². The molecule has 4 nitrogen and oxygen atoms in total. The molecule has 1 N–H and O–H groups in total. The number of aliphatic carboxylic acids is 1. The van der Waals surface area contributed by atoms with E-state index in [2.05, 4.69) is 20.8 Å². The minimum atomic E-state index is -0.758. The Labute approximate surface area is 124 Å². The summed E-state index contributed by atoms with van der Waals surface area (Å²) in [6.07, 6.45) is 3.54. The highest BCUT2D eigenvalue weighted by atomic mass is 32.1. The van der Waals surface area contributed by atoms with Crippen LogP contribution in [0.1, 0.15) is 44.2 Å². The largest absolute Gasteiger partial charge is 0.481 e. The van der Waals surface area contributed by atoms with Crippen molar-refractivity contribution < 1.29 is 9.90 Å². The lowest BCUT2D eigenvalue weighted by atomic mass is 9.73. The minimum absolute atomic E-state index is 0.158. The van der Waals surface area contributed by atoms with E-state index in [1.54, 1.807) is 11.3 Å². The molecule has 0 radical (unpaired) electrons. The molecule has 0 spiro atoms. The maximum atomic E-state index is 10.6. The number of thiazole rings is 1. The summed E-state index contributed by atoms with van der Waals surface area (Å²) in [5, 5.41) is 9.72. The molecule has 0 amide bonds. The van der Waals surface area contributed by atoms with Crippen LogP contribution in [0.4, 0.5) is 5.13 Å². The van der Waals surface area contributed by atoms with Crippen molar-refractivity contribution in [1.29, 1.82) is 0 Å². The fourth-order valence-electron chi connectivity index (χ4n) is 2.62. The molecule has 5 heteroatoms. The van der Waals surface area contributed by atoms with Gasteiger partial charge in [0.2, 0.25) is 0 Å². The number of anilines is 1. The summed E-state index contributed by atoms with van der Waals surface area (Å²) in [7, 11) is 1.93. The van der Waals surface area contributed by atoms with Gasteiger partial charge in [-0.1, -0.05) is 20.8 Å². The monoisotopic (exact) mass is 296 g/mol. The van der Waals surface area contributed by atoms with Crippen LogP contribution in [0.2, 0.25) is 0 Å². The first-order chi connectivity index (χ1) is 9.27. The molecule has 2 rings (SSSR count). The Bertz CT molecular complexity index is 491. The summed E-state index contributed by atoms with van der Waals surface area (Å²) in [5.74, 6) is -0.0430. The van der Waals surface area contributed by atoms with E-state index in [1.807, 2.05) is 11.9 Å². The number of hydrogen-bond acceptors (Lipinski definition) is 4. The molecule has 0 bridgehead atoms. The lowest BCUT2D eigenvalue weighted by Crippen LogP contribution is -2.26. The number of hydrogen-bond donors (Lipinski definition) is 1. The summed E-state index contributed by atoms with van der Waals surface area (Å²) in [6.45, 7) is 7.45. The smallest absolute Gasteiger partial charge is 0.305 e. The zero-order valence-electron chi connectivity index (χ0n) is 12.8. The Morgan fingerprint density at radius 1 is 1.50 bits per heavy atom. The van der Waals surface area contributed by atoms with Gasteiger partial charge in [-0.25, -0.2) is 4.98 Å². The van der Waals surface area contributed by atoms with Crippen LogP contribution >= 0.6 is 11.3 Å². The summed E-state index contributed by atoms with van der Waals surface area (Å²) in [6, 6.07) is 0. The van der Waals surface area contributed by atoms with Crippen LogP contribution in [0.3, 0.4) is 0 Å². The van der Waals surface area contributed by atoms with Crippen molar-refractivity contribution in [3.63, 3.8) is 0 Å². The third-order valence-electron chi connectivity index (χ3n) is 4.14. The molecule has 0 fully saturated rings. The summed E-state index contributed by atoms with van der Waals surface area (Å²) >= 11 is 1.74. The van der Waals surface area contributed by atoms with E-state index in [1.165, 1.54) is 17.0 Å². The van der Waals surface area contributed by atoms with Gasteiger partial charge in [0.15, 0.2) is 5.13 Å². The molecule has 1 aromatic rings. The zero-order valence-corrected chi connectivity index (χ0v) is 13.6. The lowest BCUT2D eigenvalue weighted by molar-refractivity contribution is -0.136. The third kappa shape index (κ3) is 3.51. The van der Waals surface area contributed by atoms with Gasteiger partial charge in [0.25, 0.3) is 0 Å². The van der Waals surface area contributed by atoms with Gasteiger partial charge in [0.05, 0.1) is 12.1 Å². The molecule has 1 heterocycles. The van der Waals surface area contributed by atoms with Gasteiger partial charge < -0.3 is 10.0 Å². The predicted octanol–water partition coefficient (Wildman–Crippen LogP) is 3.21. The van der Waals surface area contributed by atoms with Crippen molar-refractivity contribution in [2.24, 2.45) is 11.3 Å². The number of nitrogens with zero attached hydrogens (tertiary/aromatic N) is 2. The predicted molar refractivity (Wildman–Crippen MR) is 82.6 cm³/mol. The molecule has 1 aliphatic carbocycles. The highest BCUT2D eigenvalue weighted by Crippen LogP contribution is 2.40. The number of rotatable bonds is 4. The Morgan fingerprint density at radius 3 is 2.80 bits per heavy atom. The average Bonchev–Trinajstić information content (AvgIpc) is 2.77. The molecule has 1 aliphatic rings. The highest BCUT2D eigenvalue weighted by Gasteiger charge is 2.31. The van der Waals surface area contributed by atoms with E-state index in [0.29, 0.717) is 17.9 Å². The normalized spacial score (nSPS) is 18.7. The molecule has 1 aromatic heterocycles. The Hall–Kier alpha value is -1.10. The summed E-state index contributed by atoms with van der Waals surface area (Å²) in [5.41, 5.74) is 1.57. The van der Waals surface area contributed by atoms with E-state index in [9.17, 15) is 4.79 Å². The topological polar surface area (TPSA) is 53.4 Å². The van der Waals surface area contributed by atoms with Crippen LogP contribution in [-0.2, 0) is 17.6 Å². The standard InChI is InChI=1S/C15H24N2O2S/c1-15(2,3)10-5-6-11-12(9-10)20-14(16-11)17(4)8-7-13(18)19/h10H,5-9H2,1-4H3,(H,18,19). The first kappa shape index (κ1) is 15.3. The molecule has 20 heavy (non-hydrogen) atoms. The Morgan fingerprint density at radius 2 is 2.20 bits per heavy atom. The van der Waals surface area contributed by atoms with Gasteiger partial charge in [0.1, 0.15) is 0 Å². The lowest BCUT2D eigenvalue weighted by Gasteiger charge is -2.33. The van der Waals surface area contributed by atoms with Crippen LogP contribution < -0.4 is 4.90 Å². The van der Waals surface area contributed by atoms with Gasteiger partial charge in [-0.15, -0.1) is 11.3 Å². The maximum absolute atomic E-state index is 10.6. The first-order valence-electron chi connectivity index (χ1n) is 7.19. The molecule has 0 aliphatic heterocycles. The number of aryl methyl sites for hydroxylation is 1. The van der Waals surface area contributed by atoms with E-state index in [0.717, 1.165) is 18.0 Å². The van der Waals surface area contributed by atoms with Crippen molar-refractivity contribution >= 4 is 22.4 Å². The van der Waals surface area contributed by atoms with E-state index >= 15 is 0 Å². The Kier molecular flexibility index (Phi) is 4.37. The molecule has 0 saturated heterocycles. The molecule has 112 valence electrons. The number of carboxylic acid groups (broad SMARTS) is 1. The van der Waals surface area contributed by atoms with Crippen molar-refractivity contribution in [2.45, 2.75) is 46.5 Å². The highest BCUT2D eigenvalue weighted by molar-refractivity contribution is 7.15.